The largest absolute Gasteiger partial charge is 0.472 e. The maximum Gasteiger partial charge on any atom is 0.334 e. The van der Waals surface area contributed by atoms with E-state index in [2.05, 4.69) is 6.92 Å². The summed E-state index contributed by atoms with van der Waals surface area (Å²) in [6.07, 6.45) is 7.15. The van der Waals surface area contributed by atoms with Crippen LogP contribution in [0.2, 0.25) is 0 Å². The fourth-order valence-electron chi connectivity index (χ4n) is 5.21. The molecule has 4 aliphatic rings. The van der Waals surface area contributed by atoms with Crippen LogP contribution < -0.4 is 0 Å². The third kappa shape index (κ3) is 2.02. The van der Waals surface area contributed by atoms with Crippen molar-refractivity contribution >= 4 is 11.9 Å². The van der Waals surface area contributed by atoms with Gasteiger partial charge in [-0.15, -0.1) is 0 Å². The second kappa shape index (κ2) is 5.22. The Morgan fingerprint density at radius 1 is 1.15 bits per heavy atom. The van der Waals surface area contributed by atoms with E-state index < -0.39 is 11.0 Å². The van der Waals surface area contributed by atoms with Crippen molar-refractivity contribution in [2.45, 2.75) is 63.4 Å². The van der Waals surface area contributed by atoms with Crippen molar-refractivity contribution in [1.82, 2.24) is 0 Å². The first kappa shape index (κ1) is 16.1. The zero-order valence-electron chi connectivity index (χ0n) is 14.9. The van der Waals surface area contributed by atoms with E-state index in [4.69, 9.17) is 18.6 Å². The number of hydrogen-bond donors (Lipinski definition) is 0. The van der Waals surface area contributed by atoms with Crippen LogP contribution >= 0.6 is 0 Å². The lowest BCUT2D eigenvalue weighted by Gasteiger charge is -2.51. The molecule has 0 aromatic carbocycles. The van der Waals surface area contributed by atoms with E-state index in [1.165, 1.54) is 0 Å². The summed E-state index contributed by atoms with van der Waals surface area (Å²) in [6, 6.07) is 1.82. The number of allylic oxidation sites excluding steroid dienone is 1. The van der Waals surface area contributed by atoms with Gasteiger partial charge < -0.3 is 18.6 Å². The highest BCUT2D eigenvalue weighted by atomic mass is 16.6. The molecule has 1 aromatic rings. The molecular weight excluding hydrogens is 336 g/mol. The number of furan rings is 1. The van der Waals surface area contributed by atoms with Gasteiger partial charge in [-0.1, -0.05) is 6.08 Å². The van der Waals surface area contributed by atoms with Gasteiger partial charge in [0.05, 0.1) is 35.6 Å². The van der Waals surface area contributed by atoms with Gasteiger partial charge in [-0.25, -0.2) is 4.79 Å². The fourth-order valence-corrected chi connectivity index (χ4v) is 5.21. The SMILES string of the molecule is C[C@@]12C3=CCC[C@@H]1O[C@@](C)([C@H]1C[C@@H](c4ccoc4)OC1=O)C[C@@H]2OC3=O. The van der Waals surface area contributed by atoms with E-state index in [0.717, 1.165) is 24.0 Å². The van der Waals surface area contributed by atoms with Crippen LogP contribution in [0.1, 0.15) is 51.2 Å². The number of rotatable bonds is 2. The standard InChI is InChI=1S/C20H22O6/c1-19(13-8-14(24-18(13)22)11-6-7-23-10-11)9-16-20(2)12(17(21)25-16)4-3-5-15(20)26-19/h4,6-7,10,13-16H,3,5,8-9H2,1-2H3/t13-,14-,15-,16-,19+,20+/m0/s1. The average Bonchev–Trinajstić information content (AvgIpc) is 3.29. The molecule has 6 heteroatoms. The van der Waals surface area contributed by atoms with E-state index >= 15 is 0 Å². The van der Waals surface area contributed by atoms with Gasteiger partial charge in [-0.2, -0.15) is 0 Å². The maximum absolute atomic E-state index is 12.6. The Labute approximate surface area is 151 Å². The van der Waals surface area contributed by atoms with Crippen molar-refractivity contribution in [3.63, 3.8) is 0 Å². The van der Waals surface area contributed by atoms with Gasteiger partial charge >= 0.3 is 11.9 Å². The summed E-state index contributed by atoms with van der Waals surface area (Å²) >= 11 is 0. The summed E-state index contributed by atoms with van der Waals surface area (Å²) in [7, 11) is 0. The van der Waals surface area contributed by atoms with Gasteiger partial charge in [0.1, 0.15) is 12.2 Å². The van der Waals surface area contributed by atoms with Crippen molar-refractivity contribution in [3.05, 3.63) is 35.8 Å². The smallest absolute Gasteiger partial charge is 0.334 e. The first-order chi connectivity index (χ1) is 12.4. The first-order valence-corrected chi connectivity index (χ1v) is 9.24. The lowest BCUT2D eigenvalue weighted by Crippen LogP contribution is -2.58. The molecule has 26 heavy (non-hydrogen) atoms. The minimum Gasteiger partial charge on any atom is -0.472 e. The second-order valence-corrected chi connectivity index (χ2v) is 8.27. The predicted molar refractivity (Wildman–Crippen MR) is 88.8 cm³/mol. The quantitative estimate of drug-likeness (QED) is 0.757. The van der Waals surface area contributed by atoms with Gasteiger partial charge in [0.25, 0.3) is 0 Å². The van der Waals surface area contributed by atoms with E-state index in [9.17, 15) is 9.59 Å². The fraction of sp³-hybridized carbons (Fsp3) is 0.600. The molecule has 0 unspecified atom stereocenters. The molecule has 4 heterocycles. The Morgan fingerprint density at radius 3 is 2.77 bits per heavy atom. The maximum atomic E-state index is 12.6. The molecule has 138 valence electrons. The van der Waals surface area contributed by atoms with Crippen molar-refractivity contribution < 1.29 is 28.2 Å². The average molecular weight is 358 g/mol. The summed E-state index contributed by atoms with van der Waals surface area (Å²) in [5, 5.41) is 0. The Balaban J connectivity index is 1.45. The van der Waals surface area contributed by atoms with E-state index in [-0.39, 0.29) is 36.2 Å². The van der Waals surface area contributed by atoms with Crippen molar-refractivity contribution in [2.24, 2.45) is 11.3 Å². The third-order valence-corrected chi connectivity index (χ3v) is 6.81. The number of cyclic esters (lactones) is 1. The molecule has 3 aliphatic heterocycles. The Morgan fingerprint density at radius 2 is 2.00 bits per heavy atom. The molecule has 1 aliphatic carbocycles. The lowest BCUT2D eigenvalue weighted by molar-refractivity contribution is -0.221. The zero-order valence-corrected chi connectivity index (χ0v) is 14.9. The summed E-state index contributed by atoms with van der Waals surface area (Å²) < 4.78 is 23.0. The summed E-state index contributed by atoms with van der Waals surface area (Å²) in [6.45, 7) is 4.01. The van der Waals surface area contributed by atoms with Crippen molar-refractivity contribution in [2.75, 3.05) is 0 Å². The molecule has 0 spiro atoms. The molecule has 0 N–H and O–H groups in total. The van der Waals surface area contributed by atoms with Crippen molar-refractivity contribution in [3.8, 4) is 0 Å². The van der Waals surface area contributed by atoms with E-state index in [0.29, 0.717) is 12.8 Å². The summed E-state index contributed by atoms with van der Waals surface area (Å²) in [5.41, 5.74) is 0.477. The predicted octanol–water partition coefficient (Wildman–Crippen LogP) is 3.08. The third-order valence-electron chi connectivity index (χ3n) is 6.81. The van der Waals surface area contributed by atoms with Crippen LogP contribution in [0.3, 0.4) is 0 Å². The van der Waals surface area contributed by atoms with Crippen LogP contribution in [0.25, 0.3) is 0 Å². The van der Waals surface area contributed by atoms with Crippen molar-refractivity contribution in [1.29, 1.82) is 0 Å². The number of hydrogen-bond acceptors (Lipinski definition) is 6. The van der Waals surface area contributed by atoms with Crippen LogP contribution in [0, 0.1) is 11.3 Å². The molecule has 6 nitrogen and oxygen atoms in total. The van der Waals surface area contributed by atoms with E-state index in [1.54, 1.807) is 12.5 Å². The topological polar surface area (TPSA) is 75.0 Å². The molecular formula is C20H22O6. The second-order valence-electron chi connectivity index (χ2n) is 8.27. The lowest BCUT2D eigenvalue weighted by atomic mass is 9.63. The summed E-state index contributed by atoms with van der Waals surface area (Å²) in [5.74, 6) is -0.876. The first-order valence-electron chi connectivity index (χ1n) is 9.24. The van der Waals surface area contributed by atoms with Gasteiger partial charge in [0, 0.05) is 24.0 Å². The highest BCUT2D eigenvalue weighted by molar-refractivity contribution is 5.93. The van der Waals surface area contributed by atoms with Gasteiger partial charge in [-0.3, -0.25) is 4.79 Å². The number of carbonyl (C=O) groups excluding carboxylic acids is 2. The molecule has 3 fully saturated rings. The van der Waals surface area contributed by atoms with Gasteiger partial charge in [0.2, 0.25) is 0 Å². The molecule has 3 saturated heterocycles. The Bertz CT molecular complexity index is 795. The van der Waals surface area contributed by atoms with Crippen LogP contribution in [0.4, 0.5) is 0 Å². The minimum atomic E-state index is -0.711. The molecule has 0 bridgehead atoms. The highest BCUT2D eigenvalue weighted by Gasteiger charge is 2.64. The molecule has 5 rings (SSSR count). The Kier molecular flexibility index (Phi) is 3.24. The van der Waals surface area contributed by atoms with Crippen LogP contribution in [0.5, 0.6) is 0 Å². The van der Waals surface area contributed by atoms with Gasteiger partial charge in [-0.05, 0) is 32.8 Å². The minimum absolute atomic E-state index is 0.126. The van der Waals surface area contributed by atoms with Crippen LogP contribution in [0.15, 0.2) is 34.7 Å². The van der Waals surface area contributed by atoms with Gasteiger partial charge in [0.15, 0.2) is 0 Å². The van der Waals surface area contributed by atoms with E-state index in [1.807, 2.05) is 19.1 Å². The molecule has 0 saturated carbocycles. The monoisotopic (exact) mass is 358 g/mol. The Hall–Kier alpha value is -2.08. The molecule has 0 radical (unpaired) electrons. The molecule has 6 atom stereocenters. The number of carbonyl (C=O) groups is 2. The summed E-state index contributed by atoms with van der Waals surface area (Å²) in [4.78, 5) is 25.0. The normalized spacial score (nSPS) is 44.3. The highest BCUT2D eigenvalue weighted by Crippen LogP contribution is 2.57. The molecule has 1 aromatic heterocycles. The molecule has 0 amide bonds. The van der Waals surface area contributed by atoms with Crippen LogP contribution in [-0.4, -0.2) is 29.7 Å². The number of ether oxygens (including phenoxy) is 3. The van der Waals surface area contributed by atoms with Crippen LogP contribution in [-0.2, 0) is 23.8 Å². The zero-order chi connectivity index (χ0) is 18.1. The number of esters is 2.